The molecule has 3 atom stereocenters. The number of imidazole rings is 1. The van der Waals surface area contributed by atoms with E-state index in [0.717, 1.165) is 39.2 Å². The Morgan fingerprint density at radius 2 is 1.39 bits per heavy atom. The van der Waals surface area contributed by atoms with Crippen molar-refractivity contribution >= 4 is 11.0 Å². The average Bonchev–Trinajstić information content (AvgIpc) is 3.56. The molecular weight excluding hydrogens is 520 g/mol. The lowest BCUT2D eigenvalue weighted by Gasteiger charge is -2.37. The second-order valence-corrected chi connectivity index (χ2v) is 10.1. The quantitative estimate of drug-likeness (QED) is 0.250. The minimum absolute atomic E-state index is 0.0712. The average molecular weight is 553 g/mol. The molecule has 1 aliphatic heterocycles. The van der Waals surface area contributed by atoms with Crippen LogP contribution in [0.15, 0.2) is 108 Å². The van der Waals surface area contributed by atoms with Crippen LogP contribution >= 0.6 is 0 Å². The van der Waals surface area contributed by atoms with E-state index in [9.17, 15) is 9.90 Å². The SMILES string of the molecule is COc1ccc(C(OC[C@H]2O[C@@H](n3c(=O)[nH]c4ccccc43)C[C@@H]2O)(c2ccccc2)c2ccc(OC)cc2)cc1. The lowest BCUT2D eigenvalue weighted by Crippen LogP contribution is -2.38. The fourth-order valence-corrected chi connectivity index (χ4v) is 5.66. The summed E-state index contributed by atoms with van der Waals surface area (Å²) in [6.07, 6.45) is -1.87. The first kappa shape index (κ1) is 26.8. The van der Waals surface area contributed by atoms with Crippen LogP contribution < -0.4 is 15.2 Å². The number of aliphatic hydroxyl groups excluding tert-OH is 1. The van der Waals surface area contributed by atoms with Crippen molar-refractivity contribution < 1.29 is 24.1 Å². The predicted molar refractivity (Wildman–Crippen MR) is 155 cm³/mol. The zero-order chi connectivity index (χ0) is 28.4. The van der Waals surface area contributed by atoms with Gasteiger partial charge in [-0.3, -0.25) is 4.57 Å². The molecule has 0 unspecified atom stereocenters. The van der Waals surface area contributed by atoms with Gasteiger partial charge in [0, 0.05) is 6.42 Å². The Kier molecular flexibility index (Phi) is 7.36. The van der Waals surface area contributed by atoms with Gasteiger partial charge in [0.25, 0.3) is 0 Å². The molecule has 0 aliphatic carbocycles. The first-order chi connectivity index (χ1) is 20.0. The fourth-order valence-electron chi connectivity index (χ4n) is 5.66. The van der Waals surface area contributed by atoms with Crippen LogP contribution in [0.2, 0.25) is 0 Å². The van der Waals surface area contributed by atoms with Crippen LogP contribution in [0.4, 0.5) is 0 Å². The second kappa shape index (κ2) is 11.2. The third kappa shape index (κ3) is 4.91. The highest BCUT2D eigenvalue weighted by molar-refractivity contribution is 5.75. The van der Waals surface area contributed by atoms with Gasteiger partial charge in [0.2, 0.25) is 0 Å². The van der Waals surface area contributed by atoms with Gasteiger partial charge in [-0.1, -0.05) is 66.7 Å². The summed E-state index contributed by atoms with van der Waals surface area (Å²) in [6.45, 7) is 0.0712. The summed E-state index contributed by atoms with van der Waals surface area (Å²) >= 11 is 0. The van der Waals surface area contributed by atoms with Crippen LogP contribution in [-0.2, 0) is 15.1 Å². The van der Waals surface area contributed by atoms with E-state index >= 15 is 0 Å². The molecule has 0 bridgehead atoms. The first-order valence-electron chi connectivity index (χ1n) is 13.5. The number of nitrogens with zero attached hydrogens (tertiary/aromatic N) is 1. The standard InChI is InChI=1S/C33H32N2O6/c1-38-25-16-12-23(13-17-25)33(22-8-4-3-5-9-22,24-14-18-26(39-2)19-15-24)40-21-30-29(36)20-31(41-30)35-28-11-7-6-10-27(28)34-32(35)37/h3-19,29-31,36H,20-21H2,1-2H3,(H,34,37)/t29-,30+,31+/m0/s1. The highest BCUT2D eigenvalue weighted by Gasteiger charge is 2.42. The maximum Gasteiger partial charge on any atom is 0.328 e. The zero-order valence-corrected chi connectivity index (χ0v) is 22.9. The highest BCUT2D eigenvalue weighted by atomic mass is 16.6. The molecule has 5 aromatic rings. The molecule has 8 nitrogen and oxygen atoms in total. The molecule has 4 aromatic carbocycles. The number of fused-ring (bicyclic) bond motifs is 1. The molecule has 0 spiro atoms. The van der Waals surface area contributed by atoms with Gasteiger partial charge >= 0.3 is 5.69 Å². The summed E-state index contributed by atoms with van der Waals surface area (Å²) in [6, 6.07) is 32.9. The number of hydrogen-bond donors (Lipinski definition) is 2. The maximum atomic E-state index is 12.8. The Morgan fingerprint density at radius 3 is 2.00 bits per heavy atom. The molecule has 1 saturated heterocycles. The van der Waals surface area contributed by atoms with E-state index in [-0.39, 0.29) is 18.7 Å². The number of hydrogen-bond acceptors (Lipinski definition) is 6. The summed E-state index contributed by atoms with van der Waals surface area (Å²) < 4.78 is 25.6. The number of methoxy groups -OCH3 is 2. The molecule has 8 heteroatoms. The van der Waals surface area contributed by atoms with Gasteiger partial charge in [-0.05, 0) is 53.1 Å². The normalized spacial score (nSPS) is 19.0. The molecule has 6 rings (SSSR count). The fraction of sp³-hybridized carbons (Fsp3) is 0.242. The summed E-state index contributed by atoms with van der Waals surface area (Å²) in [5, 5.41) is 11.1. The van der Waals surface area contributed by atoms with E-state index in [4.69, 9.17) is 18.9 Å². The van der Waals surface area contributed by atoms with Crippen molar-refractivity contribution in [2.75, 3.05) is 20.8 Å². The van der Waals surface area contributed by atoms with Crippen LogP contribution in [-0.4, -0.2) is 47.7 Å². The molecular formula is C33H32N2O6. The molecule has 2 N–H and O–H groups in total. The van der Waals surface area contributed by atoms with E-state index in [1.165, 1.54) is 0 Å². The minimum Gasteiger partial charge on any atom is -0.497 e. The van der Waals surface area contributed by atoms with Gasteiger partial charge in [-0.25, -0.2) is 4.79 Å². The lowest BCUT2D eigenvalue weighted by atomic mass is 9.80. The monoisotopic (exact) mass is 552 g/mol. The van der Waals surface area contributed by atoms with E-state index in [1.54, 1.807) is 18.8 Å². The van der Waals surface area contributed by atoms with Crippen molar-refractivity contribution in [3.63, 3.8) is 0 Å². The third-order valence-corrected chi connectivity index (χ3v) is 7.75. The summed E-state index contributed by atoms with van der Waals surface area (Å²) in [5.74, 6) is 1.46. The predicted octanol–water partition coefficient (Wildman–Crippen LogP) is 5.00. The van der Waals surface area contributed by atoms with Gasteiger partial charge in [0.05, 0.1) is 38.0 Å². The van der Waals surface area contributed by atoms with Crippen LogP contribution in [0.5, 0.6) is 11.5 Å². The minimum atomic E-state index is -1.04. The molecule has 0 radical (unpaired) electrons. The van der Waals surface area contributed by atoms with Crippen LogP contribution in [0.3, 0.4) is 0 Å². The number of benzene rings is 4. The van der Waals surface area contributed by atoms with E-state index < -0.39 is 24.0 Å². The van der Waals surface area contributed by atoms with Gasteiger partial charge in [-0.2, -0.15) is 0 Å². The van der Waals surface area contributed by atoms with Gasteiger partial charge < -0.3 is 29.0 Å². The highest BCUT2D eigenvalue weighted by Crippen LogP contribution is 2.42. The Morgan fingerprint density at radius 1 is 0.829 bits per heavy atom. The second-order valence-electron chi connectivity index (χ2n) is 10.1. The summed E-state index contributed by atoms with van der Waals surface area (Å²) in [4.78, 5) is 15.7. The van der Waals surface area contributed by atoms with Crippen molar-refractivity contribution in [2.24, 2.45) is 0 Å². The number of para-hydroxylation sites is 2. The van der Waals surface area contributed by atoms with E-state index in [2.05, 4.69) is 4.98 Å². The number of ether oxygens (including phenoxy) is 4. The van der Waals surface area contributed by atoms with Crippen LogP contribution in [0.1, 0.15) is 29.3 Å². The van der Waals surface area contributed by atoms with Crippen molar-refractivity contribution in [1.82, 2.24) is 9.55 Å². The molecule has 1 aromatic heterocycles. The summed E-state index contributed by atoms with van der Waals surface area (Å²) in [7, 11) is 3.27. The number of aliphatic hydroxyl groups is 1. The number of aromatic amines is 1. The van der Waals surface area contributed by atoms with Crippen molar-refractivity contribution in [3.05, 3.63) is 130 Å². The Labute approximate surface area is 237 Å². The summed E-state index contributed by atoms with van der Waals surface area (Å²) in [5.41, 5.74) is 2.80. The Bertz CT molecular complexity index is 1610. The van der Waals surface area contributed by atoms with Crippen molar-refractivity contribution in [2.45, 2.75) is 30.5 Å². The molecule has 1 fully saturated rings. The zero-order valence-electron chi connectivity index (χ0n) is 22.9. The van der Waals surface area contributed by atoms with Crippen molar-refractivity contribution in [3.8, 4) is 11.5 Å². The van der Waals surface area contributed by atoms with Gasteiger partial charge in [-0.15, -0.1) is 0 Å². The number of nitrogens with one attached hydrogen (secondary N) is 1. The molecule has 0 amide bonds. The largest absolute Gasteiger partial charge is 0.497 e. The van der Waals surface area contributed by atoms with E-state index in [0.29, 0.717) is 0 Å². The smallest absolute Gasteiger partial charge is 0.328 e. The lowest BCUT2D eigenvalue weighted by molar-refractivity contribution is -0.0934. The molecule has 210 valence electrons. The first-order valence-corrected chi connectivity index (χ1v) is 13.5. The Balaban J connectivity index is 1.38. The van der Waals surface area contributed by atoms with Crippen molar-refractivity contribution in [1.29, 1.82) is 0 Å². The van der Waals surface area contributed by atoms with Crippen LogP contribution in [0, 0.1) is 0 Å². The maximum absolute atomic E-state index is 12.8. The van der Waals surface area contributed by atoms with Gasteiger partial charge in [0.15, 0.2) is 0 Å². The number of rotatable bonds is 9. The van der Waals surface area contributed by atoms with Crippen LogP contribution in [0.25, 0.3) is 11.0 Å². The Hall–Kier alpha value is -4.37. The number of H-pyrrole nitrogens is 1. The molecule has 41 heavy (non-hydrogen) atoms. The van der Waals surface area contributed by atoms with Gasteiger partial charge in [0.1, 0.15) is 29.4 Å². The van der Waals surface area contributed by atoms with E-state index in [1.807, 2.05) is 103 Å². The number of aromatic nitrogens is 2. The molecule has 0 saturated carbocycles. The molecule has 2 heterocycles. The third-order valence-electron chi connectivity index (χ3n) is 7.75. The topological polar surface area (TPSA) is 94.9 Å². The molecule has 1 aliphatic rings.